The zero-order valence-electron chi connectivity index (χ0n) is 14.1. The second-order valence-corrected chi connectivity index (χ2v) is 8.88. The van der Waals surface area contributed by atoms with Crippen LogP contribution in [0, 0.1) is 0 Å². The molecule has 2 nitrogen and oxygen atoms in total. The van der Waals surface area contributed by atoms with Gasteiger partial charge in [0, 0.05) is 34.7 Å². The zero-order chi connectivity index (χ0) is 15.3. The van der Waals surface area contributed by atoms with E-state index in [1.54, 1.807) is 0 Å². The molecular formula is C19H28N2S. The van der Waals surface area contributed by atoms with E-state index >= 15 is 0 Å². The van der Waals surface area contributed by atoms with Gasteiger partial charge in [0.15, 0.2) is 0 Å². The van der Waals surface area contributed by atoms with Gasteiger partial charge >= 0.3 is 0 Å². The highest BCUT2D eigenvalue weighted by Crippen LogP contribution is 2.37. The molecule has 1 aliphatic heterocycles. The quantitative estimate of drug-likeness (QED) is 0.785. The topological polar surface area (TPSA) is 6.48 Å². The van der Waals surface area contributed by atoms with Crippen molar-refractivity contribution < 1.29 is 0 Å². The third kappa shape index (κ3) is 2.38. The molecule has 1 saturated carbocycles. The fraction of sp³-hybridized carbons (Fsp3) is 0.684. The Morgan fingerprint density at radius 2 is 1.95 bits per heavy atom. The number of piperazine rings is 1. The summed E-state index contributed by atoms with van der Waals surface area (Å²) in [4.78, 5) is 5.52. The van der Waals surface area contributed by atoms with Crippen LogP contribution in [0.25, 0.3) is 12.2 Å². The van der Waals surface area contributed by atoms with Crippen molar-refractivity contribution in [2.24, 2.45) is 0 Å². The molecule has 4 rings (SSSR count). The minimum atomic E-state index is 0.279. The largest absolute Gasteiger partial charge is 0.295 e. The minimum Gasteiger partial charge on any atom is -0.295 e. The van der Waals surface area contributed by atoms with Crippen molar-refractivity contribution in [3.05, 3.63) is 21.2 Å². The molecule has 22 heavy (non-hydrogen) atoms. The second kappa shape index (κ2) is 5.47. The highest BCUT2D eigenvalue weighted by molar-refractivity contribution is 7.07. The lowest BCUT2D eigenvalue weighted by Crippen LogP contribution is -2.69. The summed E-state index contributed by atoms with van der Waals surface area (Å²) in [7, 11) is 2.36. The molecule has 1 saturated heterocycles. The summed E-state index contributed by atoms with van der Waals surface area (Å²) in [5.41, 5.74) is 0.279. The molecule has 0 N–H and O–H groups in total. The first-order valence-electron chi connectivity index (χ1n) is 8.80. The van der Waals surface area contributed by atoms with E-state index in [2.05, 4.69) is 54.3 Å². The summed E-state index contributed by atoms with van der Waals surface area (Å²) < 4.78 is 1.48. The van der Waals surface area contributed by atoms with Crippen LogP contribution in [-0.4, -0.2) is 47.1 Å². The molecule has 2 fully saturated rings. The summed E-state index contributed by atoms with van der Waals surface area (Å²) in [5, 5.41) is 3.70. The molecule has 1 unspecified atom stereocenters. The highest BCUT2D eigenvalue weighted by Gasteiger charge is 2.46. The van der Waals surface area contributed by atoms with Crippen LogP contribution in [0.3, 0.4) is 0 Å². The Hall–Kier alpha value is -0.640. The van der Waals surface area contributed by atoms with E-state index in [1.807, 2.05) is 11.3 Å². The number of rotatable bonds is 1. The molecule has 0 aromatic carbocycles. The lowest BCUT2D eigenvalue weighted by molar-refractivity contribution is -0.0716. The van der Waals surface area contributed by atoms with Crippen molar-refractivity contribution in [2.75, 3.05) is 13.6 Å². The number of likely N-dealkylation sites (N-methyl/N-ethyl adjacent to an activating group) is 1. The molecule has 2 heterocycles. The first-order valence-corrected chi connectivity index (χ1v) is 9.68. The molecule has 1 aromatic rings. The fourth-order valence-electron chi connectivity index (χ4n) is 4.79. The molecule has 0 bridgehead atoms. The molecule has 120 valence electrons. The molecule has 2 aliphatic carbocycles. The standard InChI is InChI=1S/C19H28N2S/c1-19(2)13-21(17-7-5-4-6-16(17)20(19)3)15-8-9-18-14(12-15)10-11-22-18/h9-12,15-17H,4-8,13H2,1-3H3/t15?,16-,17+/m0/s1. The van der Waals surface area contributed by atoms with E-state index in [9.17, 15) is 0 Å². The van der Waals surface area contributed by atoms with Gasteiger partial charge in [-0.1, -0.05) is 25.0 Å². The first kappa shape index (κ1) is 14.9. The van der Waals surface area contributed by atoms with Crippen molar-refractivity contribution in [2.45, 2.75) is 69.6 Å². The average Bonchev–Trinajstić information content (AvgIpc) is 2.98. The van der Waals surface area contributed by atoms with E-state index in [1.165, 1.54) is 48.4 Å². The van der Waals surface area contributed by atoms with Crippen LogP contribution in [-0.2, 0) is 0 Å². The Kier molecular flexibility index (Phi) is 3.71. The van der Waals surface area contributed by atoms with E-state index in [0.29, 0.717) is 6.04 Å². The summed E-state index contributed by atoms with van der Waals surface area (Å²) in [6.07, 6.45) is 11.8. The first-order chi connectivity index (χ1) is 10.6. The minimum absolute atomic E-state index is 0.279. The Balaban J connectivity index is 1.68. The van der Waals surface area contributed by atoms with Crippen LogP contribution in [0.15, 0.2) is 11.4 Å². The summed E-state index contributed by atoms with van der Waals surface area (Å²) in [5.74, 6) is 0. The van der Waals surface area contributed by atoms with Crippen molar-refractivity contribution in [1.29, 1.82) is 0 Å². The predicted molar refractivity (Wildman–Crippen MR) is 95.5 cm³/mol. The molecule has 0 radical (unpaired) electrons. The van der Waals surface area contributed by atoms with Crippen LogP contribution in [0.4, 0.5) is 0 Å². The molecule has 0 amide bonds. The lowest BCUT2D eigenvalue weighted by Gasteiger charge is -2.58. The Labute approximate surface area is 138 Å². The maximum atomic E-state index is 2.85. The second-order valence-electron chi connectivity index (χ2n) is 7.93. The van der Waals surface area contributed by atoms with Crippen LogP contribution >= 0.6 is 11.3 Å². The van der Waals surface area contributed by atoms with Gasteiger partial charge in [0.2, 0.25) is 0 Å². The molecule has 3 aliphatic rings. The number of hydrogen-bond acceptors (Lipinski definition) is 3. The number of thiophene rings is 1. The highest BCUT2D eigenvalue weighted by atomic mass is 32.1. The van der Waals surface area contributed by atoms with E-state index in [0.717, 1.165) is 12.1 Å². The Morgan fingerprint density at radius 1 is 1.18 bits per heavy atom. The smallest absolute Gasteiger partial charge is 0.0326 e. The Bertz CT molecular complexity index is 659. The third-order valence-corrected chi connectivity index (χ3v) is 7.14. The Morgan fingerprint density at radius 3 is 2.77 bits per heavy atom. The average molecular weight is 317 g/mol. The molecule has 3 atom stereocenters. The van der Waals surface area contributed by atoms with E-state index in [-0.39, 0.29) is 5.54 Å². The summed E-state index contributed by atoms with van der Waals surface area (Å²) >= 11 is 1.88. The number of nitrogens with zero attached hydrogens (tertiary/aromatic N) is 2. The van der Waals surface area contributed by atoms with Gasteiger partial charge in [-0.25, -0.2) is 0 Å². The van der Waals surface area contributed by atoms with Crippen LogP contribution in [0.2, 0.25) is 0 Å². The molecule has 3 heteroatoms. The van der Waals surface area contributed by atoms with Crippen LogP contribution in [0.5, 0.6) is 0 Å². The maximum Gasteiger partial charge on any atom is 0.0326 e. The normalized spacial score (nSPS) is 35.1. The number of fused-ring (bicyclic) bond motifs is 2. The van der Waals surface area contributed by atoms with Crippen molar-refractivity contribution >= 4 is 23.5 Å². The monoisotopic (exact) mass is 316 g/mol. The molecule has 0 spiro atoms. The van der Waals surface area contributed by atoms with Crippen LogP contribution < -0.4 is 9.75 Å². The SMILES string of the molecule is CN1[C@H]2CCCC[C@H]2N(C2C=c3ccsc3=CC2)CC1(C)C. The summed E-state index contributed by atoms with van der Waals surface area (Å²) in [6, 6.07) is 4.39. The van der Waals surface area contributed by atoms with Crippen LogP contribution in [0.1, 0.15) is 46.0 Å². The zero-order valence-corrected chi connectivity index (χ0v) is 14.9. The van der Waals surface area contributed by atoms with Gasteiger partial charge in [-0.2, -0.15) is 0 Å². The van der Waals surface area contributed by atoms with Gasteiger partial charge in [0.25, 0.3) is 0 Å². The van der Waals surface area contributed by atoms with Crippen molar-refractivity contribution in [3.63, 3.8) is 0 Å². The molecule has 1 aromatic heterocycles. The van der Waals surface area contributed by atoms with Gasteiger partial charge in [-0.15, -0.1) is 11.3 Å². The third-order valence-electron chi connectivity index (χ3n) is 6.21. The van der Waals surface area contributed by atoms with Gasteiger partial charge in [0.1, 0.15) is 0 Å². The van der Waals surface area contributed by atoms with Gasteiger partial charge in [-0.05, 0) is 56.8 Å². The van der Waals surface area contributed by atoms with Gasteiger partial charge < -0.3 is 0 Å². The van der Waals surface area contributed by atoms with Crippen molar-refractivity contribution in [3.8, 4) is 0 Å². The van der Waals surface area contributed by atoms with Gasteiger partial charge in [-0.3, -0.25) is 9.80 Å². The van der Waals surface area contributed by atoms with E-state index in [4.69, 9.17) is 0 Å². The summed E-state index contributed by atoms with van der Waals surface area (Å²) in [6.45, 7) is 6.04. The predicted octanol–water partition coefficient (Wildman–Crippen LogP) is 2.42. The van der Waals surface area contributed by atoms with E-state index < -0.39 is 0 Å². The van der Waals surface area contributed by atoms with Gasteiger partial charge in [0.05, 0.1) is 0 Å². The lowest BCUT2D eigenvalue weighted by atomic mass is 9.80. The molecular weight excluding hydrogens is 288 g/mol. The number of hydrogen-bond donors (Lipinski definition) is 0. The maximum absolute atomic E-state index is 2.85. The van der Waals surface area contributed by atoms with Crippen molar-refractivity contribution in [1.82, 2.24) is 9.80 Å². The fourth-order valence-corrected chi connectivity index (χ4v) is 5.61.